The average molecular weight is 424 g/mol. The number of carbonyl (C=O) groups excluding carboxylic acids is 1. The molecule has 4 rings (SSSR count). The van der Waals surface area contributed by atoms with E-state index in [1.807, 2.05) is 48.5 Å². The Balaban J connectivity index is 1.57. The van der Waals surface area contributed by atoms with Crippen LogP contribution in [0.25, 0.3) is 0 Å². The lowest BCUT2D eigenvalue weighted by Gasteiger charge is -2.23. The van der Waals surface area contributed by atoms with Crippen molar-refractivity contribution in [3.8, 4) is 0 Å². The highest BCUT2D eigenvalue weighted by Gasteiger charge is 2.21. The van der Waals surface area contributed by atoms with Crippen LogP contribution in [0.1, 0.15) is 28.4 Å². The van der Waals surface area contributed by atoms with Crippen LogP contribution in [0.5, 0.6) is 0 Å². The summed E-state index contributed by atoms with van der Waals surface area (Å²) in [5.74, 6) is -0.279. The predicted molar refractivity (Wildman–Crippen MR) is 130 cm³/mol. The normalized spacial score (nSPS) is 11.8. The Morgan fingerprint density at radius 3 is 1.61 bits per heavy atom. The maximum absolute atomic E-state index is 12.8. The molecule has 31 heavy (non-hydrogen) atoms. The molecule has 0 N–H and O–H groups in total. The van der Waals surface area contributed by atoms with Crippen molar-refractivity contribution in [2.75, 3.05) is 6.16 Å². The minimum absolute atomic E-state index is 0.279. The number of hydrogen-bond donors (Lipinski definition) is 0. The quantitative estimate of drug-likeness (QED) is 0.252. The van der Waals surface area contributed by atoms with Crippen molar-refractivity contribution in [2.45, 2.75) is 12.5 Å². The van der Waals surface area contributed by atoms with Crippen LogP contribution >= 0.6 is 7.92 Å². The van der Waals surface area contributed by atoms with Gasteiger partial charge in [0.1, 0.15) is 6.10 Å². The third kappa shape index (κ3) is 5.69. The van der Waals surface area contributed by atoms with E-state index in [4.69, 9.17) is 4.74 Å². The van der Waals surface area contributed by atoms with Crippen LogP contribution in [0, 0.1) is 0 Å². The standard InChI is InChI=1S/C28H25O2P/c29-28(24-15-7-2-8-16-24)30-27(23-13-5-1-6-14-23)21-22-31(25-17-9-3-10-18-25)26-19-11-4-12-20-26/h1-20,27H,21-22H2. The van der Waals surface area contributed by atoms with Crippen molar-refractivity contribution < 1.29 is 9.53 Å². The molecule has 1 unspecified atom stereocenters. The van der Waals surface area contributed by atoms with Crippen molar-refractivity contribution in [3.05, 3.63) is 132 Å². The monoisotopic (exact) mass is 424 g/mol. The molecule has 4 aromatic carbocycles. The van der Waals surface area contributed by atoms with E-state index in [0.29, 0.717) is 5.56 Å². The van der Waals surface area contributed by atoms with Gasteiger partial charge in [0.25, 0.3) is 0 Å². The zero-order valence-electron chi connectivity index (χ0n) is 17.3. The van der Waals surface area contributed by atoms with Gasteiger partial charge in [0.2, 0.25) is 0 Å². The summed E-state index contributed by atoms with van der Waals surface area (Å²) in [6, 6.07) is 40.6. The summed E-state index contributed by atoms with van der Waals surface area (Å²) in [5, 5.41) is 2.68. The van der Waals surface area contributed by atoms with Crippen molar-refractivity contribution in [2.24, 2.45) is 0 Å². The van der Waals surface area contributed by atoms with Crippen LogP contribution in [-0.2, 0) is 4.74 Å². The van der Waals surface area contributed by atoms with Crippen molar-refractivity contribution in [1.29, 1.82) is 0 Å². The number of benzene rings is 4. The SMILES string of the molecule is O=C(OC(CCP(c1ccccc1)c1ccccc1)c1ccccc1)c1ccccc1. The molecule has 0 aromatic heterocycles. The van der Waals surface area contributed by atoms with Gasteiger partial charge in [-0.2, -0.15) is 0 Å². The van der Waals surface area contributed by atoms with E-state index >= 15 is 0 Å². The van der Waals surface area contributed by atoms with Crippen LogP contribution in [-0.4, -0.2) is 12.1 Å². The maximum atomic E-state index is 12.8. The molecule has 0 saturated heterocycles. The largest absolute Gasteiger partial charge is 0.454 e. The number of rotatable bonds is 8. The molecule has 0 amide bonds. The molecule has 154 valence electrons. The van der Waals surface area contributed by atoms with Gasteiger partial charge in [-0.05, 0) is 48.8 Å². The fourth-order valence-corrected chi connectivity index (χ4v) is 5.97. The summed E-state index contributed by atoms with van der Waals surface area (Å²) in [6.07, 6.45) is 1.41. The van der Waals surface area contributed by atoms with Gasteiger partial charge in [0.15, 0.2) is 0 Å². The molecule has 1 atom stereocenters. The van der Waals surface area contributed by atoms with Gasteiger partial charge in [-0.1, -0.05) is 109 Å². The average Bonchev–Trinajstić information content (AvgIpc) is 2.86. The first-order chi connectivity index (χ1) is 15.3. The highest BCUT2D eigenvalue weighted by atomic mass is 31.1. The summed E-state index contributed by atoms with van der Waals surface area (Å²) in [6.45, 7) is 0. The minimum Gasteiger partial charge on any atom is -0.454 e. The molecule has 0 aliphatic carbocycles. The minimum atomic E-state index is -0.544. The Morgan fingerprint density at radius 1 is 0.645 bits per heavy atom. The molecule has 3 heteroatoms. The van der Waals surface area contributed by atoms with Gasteiger partial charge < -0.3 is 4.74 Å². The second-order valence-corrected chi connectivity index (χ2v) is 9.62. The Hall–Kier alpha value is -3.22. The molecule has 0 bridgehead atoms. The Labute approximate surface area is 185 Å². The molecule has 0 radical (unpaired) electrons. The number of ether oxygens (including phenoxy) is 1. The van der Waals surface area contributed by atoms with Gasteiger partial charge in [-0.3, -0.25) is 0 Å². The molecule has 0 aliphatic rings. The van der Waals surface area contributed by atoms with Crippen LogP contribution in [0.3, 0.4) is 0 Å². The molecule has 0 saturated carbocycles. The number of carbonyl (C=O) groups is 1. The van der Waals surface area contributed by atoms with Crippen molar-refractivity contribution >= 4 is 24.5 Å². The van der Waals surface area contributed by atoms with E-state index in [2.05, 4.69) is 60.7 Å². The highest BCUT2D eigenvalue weighted by molar-refractivity contribution is 7.73. The molecule has 0 aliphatic heterocycles. The number of hydrogen-bond acceptors (Lipinski definition) is 2. The summed E-state index contributed by atoms with van der Waals surface area (Å²) in [4.78, 5) is 12.8. The van der Waals surface area contributed by atoms with Gasteiger partial charge >= 0.3 is 5.97 Å². The first-order valence-electron chi connectivity index (χ1n) is 10.5. The van der Waals surface area contributed by atoms with Crippen LogP contribution in [0.4, 0.5) is 0 Å². The molecule has 0 heterocycles. The first-order valence-corrected chi connectivity index (χ1v) is 12.0. The molecule has 0 fully saturated rings. The molecular weight excluding hydrogens is 399 g/mol. The second kappa shape index (κ2) is 10.7. The Bertz CT molecular complexity index is 1030. The van der Waals surface area contributed by atoms with Crippen LogP contribution < -0.4 is 10.6 Å². The van der Waals surface area contributed by atoms with Crippen molar-refractivity contribution in [1.82, 2.24) is 0 Å². The fourth-order valence-electron chi connectivity index (χ4n) is 3.60. The third-order valence-corrected chi connectivity index (χ3v) is 7.73. The van der Waals surface area contributed by atoms with E-state index in [1.165, 1.54) is 10.6 Å². The van der Waals surface area contributed by atoms with Gasteiger partial charge in [-0.25, -0.2) is 4.79 Å². The van der Waals surface area contributed by atoms with E-state index in [9.17, 15) is 4.79 Å². The summed E-state index contributed by atoms with van der Waals surface area (Å²) in [5.41, 5.74) is 1.61. The molecule has 4 aromatic rings. The van der Waals surface area contributed by atoms with E-state index in [0.717, 1.165) is 18.1 Å². The Morgan fingerprint density at radius 2 is 1.10 bits per heavy atom. The highest BCUT2D eigenvalue weighted by Crippen LogP contribution is 2.37. The predicted octanol–water partition coefficient (Wildman–Crippen LogP) is 6.11. The molecule has 0 spiro atoms. The first kappa shape index (κ1) is 21.0. The lowest BCUT2D eigenvalue weighted by atomic mass is 10.1. The van der Waals surface area contributed by atoms with E-state index in [-0.39, 0.29) is 12.1 Å². The van der Waals surface area contributed by atoms with Gasteiger partial charge in [-0.15, -0.1) is 0 Å². The molecular formula is C28H25O2P. The lowest BCUT2D eigenvalue weighted by Crippen LogP contribution is -2.17. The van der Waals surface area contributed by atoms with Gasteiger partial charge in [0, 0.05) is 0 Å². The van der Waals surface area contributed by atoms with E-state index < -0.39 is 7.92 Å². The summed E-state index contributed by atoms with van der Waals surface area (Å²) >= 11 is 0. The number of esters is 1. The lowest BCUT2D eigenvalue weighted by molar-refractivity contribution is 0.0290. The van der Waals surface area contributed by atoms with Crippen LogP contribution in [0.15, 0.2) is 121 Å². The third-order valence-electron chi connectivity index (χ3n) is 5.18. The van der Waals surface area contributed by atoms with E-state index in [1.54, 1.807) is 12.1 Å². The summed E-state index contributed by atoms with van der Waals surface area (Å²) in [7, 11) is -0.544. The van der Waals surface area contributed by atoms with Gasteiger partial charge in [0.05, 0.1) is 5.56 Å². The Kier molecular flexibility index (Phi) is 7.26. The second-order valence-electron chi connectivity index (χ2n) is 7.28. The zero-order chi connectivity index (χ0) is 21.3. The summed E-state index contributed by atoms with van der Waals surface area (Å²) < 4.78 is 6.02. The maximum Gasteiger partial charge on any atom is 0.338 e. The molecule has 2 nitrogen and oxygen atoms in total. The smallest absolute Gasteiger partial charge is 0.338 e. The zero-order valence-corrected chi connectivity index (χ0v) is 18.2. The van der Waals surface area contributed by atoms with Crippen molar-refractivity contribution in [3.63, 3.8) is 0 Å². The fraction of sp³-hybridized carbons (Fsp3) is 0.107. The van der Waals surface area contributed by atoms with Crippen LogP contribution in [0.2, 0.25) is 0 Å². The topological polar surface area (TPSA) is 26.3 Å².